The van der Waals surface area contributed by atoms with Crippen molar-refractivity contribution in [3.05, 3.63) is 54.2 Å². The maximum Gasteiger partial charge on any atom is 0.251 e. The predicted molar refractivity (Wildman–Crippen MR) is 129 cm³/mol. The average Bonchev–Trinajstić information content (AvgIpc) is 2.88. The lowest BCUT2D eigenvalue weighted by atomic mass is 9.96. The molecule has 0 aliphatic carbocycles. The van der Waals surface area contributed by atoms with Crippen LogP contribution in [0.3, 0.4) is 0 Å². The van der Waals surface area contributed by atoms with Crippen LogP contribution in [0, 0.1) is 5.92 Å². The summed E-state index contributed by atoms with van der Waals surface area (Å²) in [6, 6.07) is 13.9. The summed E-state index contributed by atoms with van der Waals surface area (Å²) in [4.78, 5) is 24.4. The Bertz CT molecular complexity index is 886. The number of likely N-dealkylation sites (tertiary alicyclic amines) is 1. The van der Waals surface area contributed by atoms with E-state index in [1.807, 2.05) is 54.4 Å². The molecular formula is C26H36N4O3. The Labute approximate surface area is 197 Å². The molecule has 33 heavy (non-hydrogen) atoms. The van der Waals surface area contributed by atoms with Crippen molar-refractivity contribution in [2.24, 2.45) is 5.92 Å². The van der Waals surface area contributed by atoms with Gasteiger partial charge in [-0.15, -0.1) is 0 Å². The number of hydrogen-bond acceptors (Lipinski definition) is 6. The molecule has 7 nitrogen and oxygen atoms in total. The van der Waals surface area contributed by atoms with E-state index in [9.17, 15) is 4.79 Å². The average molecular weight is 453 g/mol. The molecular weight excluding hydrogens is 416 g/mol. The zero-order valence-corrected chi connectivity index (χ0v) is 19.9. The molecule has 2 aliphatic rings. The first-order valence-electron chi connectivity index (χ1n) is 12.0. The molecule has 2 unspecified atom stereocenters. The molecule has 3 heterocycles. The fourth-order valence-electron chi connectivity index (χ4n) is 4.79. The minimum absolute atomic E-state index is 0.0996. The van der Waals surface area contributed by atoms with Gasteiger partial charge in [0.15, 0.2) is 0 Å². The van der Waals surface area contributed by atoms with Gasteiger partial charge in [-0.25, -0.2) is 4.98 Å². The van der Waals surface area contributed by atoms with Crippen molar-refractivity contribution in [1.82, 2.24) is 14.8 Å². The molecule has 1 aromatic heterocycles. The lowest BCUT2D eigenvalue weighted by Crippen LogP contribution is -2.51. The van der Waals surface area contributed by atoms with E-state index in [1.54, 1.807) is 7.11 Å². The smallest absolute Gasteiger partial charge is 0.251 e. The van der Waals surface area contributed by atoms with Gasteiger partial charge in [-0.1, -0.05) is 18.2 Å². The SMILES string of the molecule is COc1cccc(COC(C)C(=O)N2CCCC(CN3CCN(c4ccccn4)CC3)C2)c1. The van der Waals surface area contributed by atoms with Crippen molar-refractivity contribution in [2.75, 3.05) is 57.8 Å². The third kappa shape index (κ3) is 6.45. The number of anilines is 1. The van der Waals surface area contributed by atoms with Crippen LogP contribution >= 0.6 is 0 Å². The minimum Gasteiger partial charge on any atom is -0.497 e. The molecule has 2 fully saturated rings. The zero-order chi connectivity index (χ0) is 23.0. The van der Waals surface area contributed by atoms with Crippen LogP contribution in [0.1, 0.15) is 25.3 Å². The Hall–Kier alpha value is -2.64. The van der Waals surface area contributed by atoms with E-state index < -0.39 is 6.10 Å². The van der Waals surface area contributed by atoms with Gasteiger partial charge in [-0.05, 0) is 55.5 Å². The topological polar surface area (TPSA) is 58.1 Å². The summed E-state index contributed by atoms with van der Waals surface area (Å²) in [6.45, 7) is 9.07. The molecule has 2 saturated heterocycles. The van der Waals surface area contributed by atoms with Gasteiger partial charge in [-0.2, -0.15) is 0 Å². The Morgan fingerprint density at radius 1 is 1.12 bits per heavy atom. The normalized spacial score (nSPS) is 20.5. The summed E-state index contributed by atoms with van der Waals surface area (Å²) in [5, 5.41) is 0. The predicted octanol–water partition coefficient (Wildman–Crippen LogP) is 3.06. The van der Waals surface area contributed by atoms with E-state index in [0.29, 0.717) is 12.5 Å². The van der Waals surface area contributed by atoms with E-state index in [4.69, 9.17) is 9.47 Å². The number of piperazine rings is 1. The summed E-state index contributed by atoms with van der Waals surface area (Å²) in [7, 11) is 1.65. The number of benzene rings is 1. The number of nitrogens with zero attached hydrogens (tertiary/aromatic N) is 4. The molecule has 2 aromatic rings. The molecule has 7 heteroatoms. The van der Waals surface area contributed by atoms with Gasteiger partial charge < -0.3 is 19.3 Å². The van der Waals surface area contributed by atoms with Crippen LogP contribution in [0.4, 0.5) is 5.82 Å². The van der Waals surface area contributed by atoms with Crippen LogP contribution < -0.4 is 9.64 Å². The van der Waals surface area contributed by atoms with Crippen LogP contribution in [0.2, 0.25) is 0 Å². The van der Waals surface area contributed by atoms with Crippen LogP contribution in [0.25, 0.3) is 0 Å². The highest BCUT2D eigenvalue weighted by atomic mass is 16.5. The molecule has 0 radical (unpaired) electrons. The van der Waals surface area contributed by atoms with Crippen molar-refractivity contribution in [1.29, 1.82) is 0 Å². The van der Waals surface area contributed by atoms with Crippen molar-refractivity contribution in [3.8, 4) is 5.75 Å². The van der Waals surface area contributed by atoms with E-state index in [1.165, 1.54) is 6.42 Å². The van der Waals surface area contributed by atoms with Gasteiger partial charge >= 0.3 is 0 Å². The fraction of sp³-hybridized carbons (Fsp3) is 0.538. The van der Waals surface area contributed by atoms with E-state index in [0.717, 1.165) is 69.4 Å². The number of piperidine rings is 1. The van der Waals surface area contributed by atoms with Gasteiger partial charge in [0, 0.05) is 52.0 Å². The quantitative estimate of drug-likeness (QED) is 0.614. The number of pyridine rings is 1. The molecule has 2 atom stereocenters. The van der Waals surface area contributed by atoms with Crippen molar-refractivity contribution >= 4 is 11.7 Å². The first-order chi connectivity index (χ1) is 16.1. The number of carbonyl (C=O) groups excluding carboxylic acids is 1. The summed E-state index contributed by atoms with van der Waals surface area (Å²) in [5.74, 6) is 2.49. The molecule has 4 rings (SSSR count). The standard InChI is InChI=1S/C26H36N4O3/c1-21(33-20-22-7-5-9-24(17-22)32-2)26(31)30-12-6-8-23(19-30)18-28-13-15-29(16-14-28)25-10-3-4-11-27-25/h3-5,7,9-11,17,21,23H,6,8,12-16,18-20H2,1-2H3. The maximum atomic E-state index is 13.0. The molecule has 0 bridgehead atoms. The third-order valence-electron chi connectivity index (χ3n) is 6.67. The van der Waals surface area contributed by atoms with Crippen LogP contribution in [-0.2, 0) is 16.1 Å². The summed E-state index contributed by atoms with van der Waals surface area (Å²) >= 11 is 0. The molecule has 1 amide bonds. The lowest BCUT2D eigenvalue weighted by Gasteiger charge is -2.40. The molecule has 2 aliphatic heterocycles. The second-order valence-corrected chi connectivity index (χ2v) is 9.07. The second-order valence-electron chi connectivity index (χ2n) is 9.07. The van der Waals surface area contributed by atoms with Gasteiger partial charge in [0.2, 0.25) is 0 Å². The Morgan fingerprint density at radius 3 is 2.73 bits per heavy atom. The second kappa shape index (κ2) is 11.5. The highest BCUT2D eigenvalue weighted by Crippen LogP contribution is 2.21. The van der Waals surface area contributed by atoms with Gasteiger partial charge in [0.1, 0.15) is 17.7 Å². The third-order valence-corrected chi connectivity index (χ3v) is 6.67. The zero-order valence-electron chi connectivity index (χ0n) is 19.9. The molecule has 0 N–H and O–H groups in total. The highest BCUT2D eigenvalue weighted by Gasteiger charge is 2.29. The van der Waals surface area contributed by atoms with Crippen molar-refractivity contribution in [2.45, 2.75) is 32.5 Å². The van der Waals surface area contributed by atoms with E-state index in [2.05, 4.69) is 20.9 Å². The Kier molecular flexibility index (Phi) is 8.18. The van der Waals surface area contributed by atoms with Crippen molar-refractivity contribution in [3.63, 3.8) is 0 Å². The number of ether oxygens (including phenoxy) is 2. The fourth-order valence-corrected chi connectivity index (χ4v) is 4.79. The summed E-state index contributed by atoms with van der Waals surface area (Å²) < 4.78 is 11.2. The molecule has 0 saturated carbocycles. The van der Waals surface area contributed by atoms with Crippen molar-refractivity contribution < 1.29 is 14.3 Å². The lowest BCUT2D eigenvalue weighted by molar-refractivity contribution is -0.145. The monoisotopic (exact) mass is 452 g/mol. The number of rotatable bonds is 8. The largest absolute Gasteiger partial charge is 0.497 e. The first kappa shape index (κ1) is 23.5. The van der Waals surface area contributed by atoms with Gasteiger partial charge in [-0.3, -0.25) is 9.69 Å². The number of amides is 1. The number of carbonyl (C=O) groups is 1. The van der Waals surface area contributed by atoms with Gasteiger partial charge in [0.25, 0.3) is 5.91 Å². The molecule has 1 aromatic carbocycles. The summed E-state index contributed by atoms with van der Waals surface area (Å²) in [5.41, 5.74) is 1.01. The number of aromatic nitrogens is 1. The molecule has 0 spiro atoms. The molecule has 178 valence electrons. The van der Waals surface area contributed by atoms with Crippen LogP contribution in [0.5, 0.6) is 5.75 Å². The number of methoxy groups -OCH3 is 1. The Balaban J connectivity index is 1.22. The minimum atomic E-state index is -0.447. The maximum absolute atomic E-state index is 13.0. The Morgan fingerprint density at radius 2 is 1.97 bits per heavy atom. The number of hydrogen-bond donors (Lipinski definition) is 0. The van der Waals surface area contributed by atoms with Crippen LogP contribution in [-0.4, -0.2) is 79.7 Å². The van der Waals surface area contributed by atoms with Gasteiger partial charge in [0.05, 0.1) is 13.7 Å². The first-order valence-corrected chi connectivity index (χ1v) is 12.0. The van der Waals surface area contributed by atoms with E-state index in [-0.39, 0.29) is 5.91 Å². The van der Waals surface area contributed by atoms with Crippen LogP contribution in [0.15, 0.2) is 48.7 Å². The highest BCUT2D eigenvalue weighted by molar-refractivity contribution is 5.80. The van der Waals surface area contributed by atoms with E-state index >= 15 is 0 Å². The summed E-state index contributed by atoms with van der Waals surface area (Å²) in [6.07, 6.45) is 3.66.